The summed E-state index contributed by atoms with van der Waals surface area (Å²) in [6.45, 7) is 26.4. The van der Waals surface area contributed by atoms with E-state index in [0.29, 0.717) is 0 Å². The van der Waals surface area contributed by atoms with Gasteiger partial charge in [-0.25, -0.2) is 0 Å². The quantitative estimate of drug-likeness (QED) is 0.0509. The molecule has 4 atom stereocenters. The molecule has 8 bridgehead atoms. The van der Waals surface area contributed by atoms with E-state index in [-0.39, 0.29) is 32.5 Å². The van der Waals surface area contributed by atoms with Crippen LogP contribution < -0.4 is 19.6 Å². The zero-order valence-corrected chi connectivity index (χ0v) is 86.5. The van der Waals surface area contributed by atoms with E-state index < -0.39 is 0 Å². The van der Waals surface area contributed by atoms with Gasteiger partial charge in [0.05, 0.1) is 0 Å². The van der Waals surface area contributed by atoms with Gasteiger partial charge in [0.2, 0.25) is 0 Å². The molecule has 0 heterocycles. The number of hydrogen-bond donors (Lipinski definition) is 0. The van der Waals surface area contributed by atoms with Gasteiger partial charge in [0, 0.05) is 79.1 Å². The summed E-state index contributed by atoms with van der Waals surface area (Å²) < 4.78 is 0. The maximum Gasteiger partial charge on any atom is 0.0465 e. The Kier molecular flexibility index (Phi) is 24.5. The maximum atomic E-state index is 4.03. The molecule has 146 heavy (non-hydrogen) atoms. The lowest BCUT2D eigenvalue weighted by atomic mass is 9.41. The molecule has 0 amide bonds. The van der Waals surface area contributed by atoms with Crippen LogP contribution in [-0.2, 0) is 45.3 Å². The summed E-state index contributed by atoms with van der Waals surface area (Å²) in [4.78, 5) is 9.69. The van der Waals surface area contributed by atoms with Crippen molar-refractivity contribution in [2.45, 2.75) is 203 Å². The summed E-state index contributed by atoms with van der Waals surface area (Å²) in [6, 6.07) is 153. The van der Waals surface area contributed by atoms with Crippen molar-refractivity contribution < 1.29 is 0 Å². The van der Waals surface area contributed by atoms with Crippen LogP contribution in [0.25, 0.3) is 67.8 Å². The highest BCUT2D eigenvalue weighted by Crippen LogP contribution is 2.69. The molecule has 0 saturated heterocycles. The Labute approximate surface area is 868 Å². The third-order valence-corrected chi connectivity index (χ3v) is 35.8. The van der Waals surface area contributed by atoms with E-state index in [1.54, 1.807) is 11.1 Å². The number of rotatable bonds is 27. The molecule has 8 fully saturated rings. The van der Waals surface area contributed by atoms with Gasteiger partial charge in [-0.05, 0) is 436 Å². The molecule has 0 aliphatic heterocycles. The van der Waals surface area contributed by atoms with Crippen LogP contribution in [0.15, 0.2) is 414 Å². The van der Waals surface area contributed by atoms with Crippen molar-refractivity contribution >= 4 is 80.4 Å². The van der Waals surface area contributed by atoms with E-state index in [9.17, 15) is 0 Å². The lowest BCUT2D eigenvalue weighted by Gasteiger charge is -2.63. The van der Waals surface area contributed by atoms with Crippen molar-refractivity contribution in [2.24, 2.45) is 23.7 Å². The largest absolute Gasteiger partial charge is 0.311 e. The molecule has 4 unspecified atom stereocenters. The van der Waals surface area contributed by atoms with Gasteiger partial charge in [-0.15, -0.1) is 0 Å². The molecule has 4 nitrogen and oxygen atoms in total. The highest BCUT2D eigenvalue weighted by Gasteiger charge is 2.60. The Hall–Kier alpha value is -14.6. The minimum absolute atomic E-state index is 0.0363. The first-order valence-electron chi connectivity index (χ1n) is 54.4. The highest BCUT2D eigenvalue weighted by atomic mass is 15.2. The second kappa shape index (κ2) is 38.1. The Balaban J connectivity index is 0.000000157. The topological polar surface area (TPSA) is 13.0 Å². The van der Waals surface area contributed by atoms with Crippen LogP contribution in [0, 0.1) is 37.5 Å². The molecule has 10 aliphatic rings. The van der Waals surface area contributed by atoms with Crippen molar-refractivity contribution in [3.63, 3.8) is 0 Å². The van der Waals surface area contributed by atoms with Gasteiger partial charge in [-0.2, -0.15) is 0 Å². The zero-order chi connectivity index (χ0) is 99.2. The summed E-state index contributed by atoms with van der Waals surface area (Å²) in [5.74, 6) is 3.22. The molecule has 27 rings (SSSR count). The summed E-state index contributed by atoms with van der Waals surface area (Å²) in [5.41, 5.74) is 47.0. The van der Waals surface area contributed by atoms with Gasteiger partial charge >= 0.3 is 0 Å². The predicted molar refractivity (Wildman–Crippen MR) is 619 cm³/mol. The average molecular weight is 1900 g/mol. The molecule has 0 aromatic heterocycles. The number of hydrogen-bond acceptors (Lipinski definition) is 4. The molecular weight excluding hydrogens is 1760 g/mol. The third kappa shape index (κ3) is 17.3. The van der Waals surface area contributed by atoms with E-state index in [2.05, 4.69) is 489 Å². The van der Waals surface area contributed by atoms with Crippen LogP contribution >= 0.6 is 0 Å². The van der Waals surface area contributed by atoms with Gasteiger partial charge in [0.15, 0.2) is 0 Å². The van der Waals surface area contributed by atoms with Crippen LogP contribution in [0.5, 0.6) is 0 Å². The van der Waals surface area contributed by atoms with Crippen molar-refractivity contribution in [1.29, 1.82) is 0 Å². The fraction of sp³-hybridized carbons (Fsp3) is 0.254. The van der Waals surface area contributed by atoms with Gasteiger partial charge < -0.3 is 19.6 Å². The number of aryl methyl sites for hydroxylation is 4. The standard InChI is InChI=1S/C74H70N2.C68H66N2/c1-6-8-11-53-18-33-63(34-19-53)76(67-41-29-61(30-42-67)74-48-54-44-55(49-74)47-73(46-54,50-74)60-27-16-52(7-2)17-28-60)65-37-22-57(23-38-65)56-20-35-64(36-21-56)75(62-31-14-51(3)15-32-62)66-39-24-58(25-40-66)59-26-43-69-68-12-9-10-13-70(68)72(4,5)71(69)45-59;1-6-8-11-49-18-30-57(31-19-49)69(60-36-26-55(27-37-60)68-44-50-40-51(45-68)43-67(42-50,46-68)54-24-16-48(7-2)17-25-54)58-32-20-52(21-33-58)53-22-34-59(35-23-53)70(56-28-14-47(3)15-29-56)61-38-39-63-62-12-9-10-13-64(62)66(4,5)65(63)41-61/h7,9-10,12-43,45,54-55H,2,6,8,11,44,46-50H2,1,3-5H3;7,9-10,12-39,41,50-51H,2,6,8,11,40,42-46H2,1,3-5H3. The monoisotopic (exact) mass is 1900 g/mol. The van der Waals surface area contributed by atoms with Gasteiger partial charge in [0.25, 0.3) is 0 Å². The average Bonchev–Trinajstić information content (AvgIpc) is 0.924. The molecule has 0 N–H and O–H groups in total. The molecule has 4 heteroatoms. The lowest BCUT2D eigenvalue weighted by molar-refractivity contribution is -0.0282. The molecule has 17 aromatic carbocycles. The fourth-order valence-electron chi connectivity index (χ4n) is 29.0. The molecule has 8 saturated carbocycles. The second-order valence-corrected chi connectivity index (χ2v) is 45.9. The summed E-state index contributed by atoms with van der Waals surface area (Å²) in [6.07, 6.45) is 27.0. The smallest absolute Gasteiger partial charge is 0.0465 e. The van der Waals surface area contributed by atoms with E-state index in [1.807, 2.05) is 12.2 Å². The third-order valence-electron chi connectivity index (χ3n) is 35.8. The van der Waals surface area contributed by atoms with Crippen molar-refractivity contribution in [3.8, 4) is 55.6 Å². The minimum Gasteiger partial charge on any atom is -0.311 e. The van der Waals surface area contributed by atoms with E-state index in [4.69, 9.17) is 0 Å². The Morgan fingerprint density at radius 1 is 0.247 bits per heavy atom. The van der Waals surface area contributed by atoms with Gasteiger partial charge in [-0.3, -0.25) is 0 Å². The molecule has 724 valence electrons. The first-order valence-corrected chi connectivity index (χ1v) is 54.4. The Bertz CT molecular complexity index is 7610. The van der Waals surface area contributed by atoms with E-state index in [1.165, 1.54) is 259 Å². The molecule has 0 radical (unpaired) electrons. The van der Waals surface area contributed by atoms with Crippen molar-refractivity contribution in [2.75, 3.05) is 19.6 Å². The number of benzene rings is 17. The van der Waals surface area contributed by atoms with Crippen molar-refractivity contribution in [1.82, 2.24) is 0 Å². The van der Waals surface area contributed by atoms with Crippen LogP contribution in [0.3, 0.4) is 0 Å². The first kappa shape index (κ1) is 93.7. The summed E-state index contributed by atoms with van der Waals surface area (Å²) in [7, 11) is 0. The summed E-state index contributed by atoms with van der Waals surface area (Å²) >= 11 is 0. The van der Waals surface area contributed by atoms with E-state index in [0.717, 1.165) is 70.6 Å². The normalized spacial score (nSPS) is 20.8. The second-order valence-electron chi connectivity index (χ2n) is 45.9. The van der Waals surface area contributed by atoms with Gasteiger partial charge in [-0.1, -0.05) is 340 Å². The minimum atomic E-state index is -0.0777. The van der Waals surface area contributed by atoms with Crippen molar-refractivity contribution in [3.05, 3.63) is 491 Å². The first-order chi connectivity index (χ1) is 71.2. The molecule has 17 aromatic rings. The lowest BCUT2D eigenvalue weighted by Crippen LogP contribution is -2.55. The molecule has 10 aliphatic carbocycles. The SMILES string of the molecule is C=Cc1ccc(C23CC4CC(C2)CC(c2ccc(N(c5ccc(CCCC)cc5)c5ccc(-c6ccc(N(c7ccc(C)cc7)c7ccc(-c8ccc9c(c8)C(C)(C)c8ccccc8-9)cc7)cc6)cc5)cc2)(C4)C3)cc1.C=Cc1ccc(C23CC4CC(C2)CC(c2ccc(N(c5ccc(CCCC)cc5)c5ccc(-c6ccc(N(c7ccc(C)cc7)c7ccc8c(c7)C(C)(C)c7ccccc7-8)cc6)cc5)cc2)(C4)C3)cc1. The maximum absolute atomic E-state index is 4.03. The number of nitrogens with zero attached hydrogens (tertiary/aromatic N) is 4. The predicted octanol–water partition coefficient (Wildman–Crippen LogP) is 39.0. The number of unbranched alkanes of at least 4 members (excludes halogenated alkanes) is 2. The number of anilines is 12. The highest BCUT2D eigenvalue weighted by molar-refractivity contribution is 5.90. The number of fused-ring (bicyclic) bond motifs is 6. The van der Waals surface area contributed by atoms with Crippen LogP contribution in [0.2, 0.25) is 0 Å². The van der Waals surface area contributed by atoms with Crippen LogP contribution in [0.1, 0.15) is 222 Å². The summed E-state index contributed by atoms with van der Waals surface area (Å²) in [5, 5.41) is 0. The fourth-order valence-corrected chi connectivity index (χ4v) is 29.0. The van der Waals surface area contributed by atoms with Crippen LogP contribution in [0.4, 0.5) is 68.2 Å². The van der Waals surface area contributed by atoms with E-state index >= 15 is 0 Å². The molecule has 0 spiro atoms. The van der Waals surface area contributed by atoms with Crippen LogP contribution in [-0.4, -0.2) is 0 Å². The zero-order valence-electron chi connectivity index (χ0n) is 86.5. The molecular formula is C142H136N4. The Morgan fingerprint density at radius 2 is 0.479 bits per heavy atom. The van der Waals surface area contributed by atoms with Gasteiger partial charge in [0.1, 0.15) is 0 Å². The Morgan fingerprint density at radius 3 is 0.781 bits per heavy atom.